The Bertz CT molecular complexity index is 4680. The van der Waals surface area contributed by atoms with Crippen LogP contribution in [0.15, 0.2) is 325 Å². The predicted molar refractivity (Wildman–Crippen MR) is 432 cm³/mol. The van der Waals surface area contributed by atoms with E-state index in [1.165, 1.54) is 11.3 Å². The molecule has 0 aliphatic rings. The molecule has 560 valence electrons. The standard InChI is InChI=1S/2C11H7BrN.C11H7ClN.2C11H8N.C10H7BrNOS.C9H4BrFNS.C9H5BrNS.5Ir.Rh/c3*12-10-5-3-4-9(8-10)11-6-1-2-7-13-11;2*1-2-6-10(7-3-1)11-8-4-5-9-12-11;1-13-8-6-9(14-10(8)11)7-4-2-3-5-12-7;10-9-6(11)5-8(13-9)7-3-1-2-4-12-7;10-9-5-4-8(12-9)7-3-1-2-6-11-7;;;;;;/h3*1-3,5-8H;2*1-6,8-9H;2-5H,1H3;1-4H;1-3,5-6H;;;;;;/q8*-1;;;;;;. The van der Waals surface area contributed by atoms with Crippen LogP contribution in [0.2, 0.25) is 5.02 Å². The van der Waals surface area contributed by atoms with Crippen molar-refractivity contribution in [2.24, 2.45) is 0 Å². The van der Waals surface area contributed by atoms with Crippen molar-refractivity contribution < 1.29 is 129 Å². The molecule has 0 aliphatic heterocycles. The second kappa shape index (κ2) is 55.2. The van der Waals surface area contributed by atoms with Gasteiger partial charge in [0.25, 0.3) is 0 Å². The molecule has 16 aromatic rings. The minimum absolute atomic E-state index is 0. The largest absolute Gasteiger partial charge is 0.521 e. The number of thiophene rings is 3. The van der Waals surface area contributed by atoms with Crippen molar-refractivity contribution in [2.75, 3.05) is 7.11 Å². The summed E-state index contributed by atoms with van der Waals surface area (Å²) < 4.78 is 22.6. The molecule has 16 rings (SSSR count). The predicted octanol–water partition coefficient (Wildman–Crippen LogP) is 25.2. The van der Waals surface area contributed by atoms with Crippen LogP contribution in [0.1, 0.15) is 0 Å². The molecule has 0 fully saturated rings. The zero-order valence-corrected chi connectivity index (χ0v) is 80.5. The molecule has 0 amide bonds. The topological polar surface area (TPSA) is 112 Å². The van der Waals surface area contributed by atoms with Gasteiger partial charge in [0.2, 0.25) is 0 Å². The van der Waals surface area contributed by atoms with Crippen molar-refractivity contribution in [1.29, 1.82) is 0 Å². The number of halogens is 7. The first-order valence-electron chi connectivity index (χ1n) is 30.5. The number of rotatable bonds is 9. The summed E-state index contributed by atoms with van der Waals surface area (Å²) in [5.41, 5.74) is 12.4. The van der Waals surface area contributed by atoms with Crippen LogP contribution in [0, 0.1) is 54.3 Å². The first kappa shape index (κ1) is 96.9. The molecule has 6 radical (unpaired) electrons. The molecule has 11 aromatic heterocycles. The summed E-state index contributed by atoms with van der Waals surface area (Å²) in [6, 6.07) is 106. The summed E-state index contributed by atoms with van der Waals surface area (Å²) in [5.74, 6) is 0.376. The van der Waals surface area contributed by atoms with Crippen LogP contribution in [-0.4, -0.2) is 47.0 Å². The average Bonchev–Trinajstić information content (AvgIpc) is 1.72. The van der Waals surface area contributed by atoms with Crippen molar-refractivity contribution >= 4 is 125 Å². The normalized spacial score (nSPS) is 9.41. The number of nitrogens with zero attached hydrogens (tertiary/aromatic N) is 8. The molecule has 9 nitrogen and oxygen atoms in total. The fourth-order valence-corrected chi connectivity index (χ4v) is 13.3. The minimum Gasteiger partial charge on any atom is -0.521 e. The fraction of sp³-hybridized carbons (Fsp3) is 0.0120. The van der Waals surface area contributed by atoms with Crippen molar-refractivity contribution in [1.82, 2.24) is 39.9 Å². The summed E-state index contributed by atoms with van der Waals surface area (Å²) in [6.07, 6.45) is 14.1. The third-order valence-electron chi connectivity index (χ3n) is 13.0. The van der Waals surface area contributed by atoms with Gasteiger partial charge in [-0.1, -0.05) is 152 Å². The van der Waals surface area contributed by atoms with E-state index in [4.69, 9.17) is 16.3 Å². The van der Waals surface area contributed by atoms with Gasteiger partial charge in [0, 0.05) is 189 Å². The van der Waals surface area contributed by atoms with E-state index in [2.05, 4.69) is 168 Å². The smallest absolute Gasteiger partial charge is 0.0744 e. The Morgan fingerprint density at radius 3 is 0.935 bits per heavy atom. The molecule has 0 aliphatic carbocycles. The Labute approximate surface area is 769 Å². The SMILES string of the molecule is Brc1c[c-]c(-c2ccccn2)s1.Brc1cc[c-]c(-c2ccccn2)c1.Brc1cc[c-]c(-c2ccccn2)c1.COc1[c-]c(-c2ccccn2)sc1Br.Clc1cc[c-]c(-c2ccccn2)c1.Fc1[c-]c(-c2ccccn2)sc1Br.[Ir].[Ir].[Ir].[Ir].[Ir].[Rh].[c-]1ccccc1-c1ccccn1.[c-]1ccccc1-c1ccccn1. The maximum Gasteiger partial charge on any atom is 0.0744 e. The monoisotopic (exact) mass is 2790 g/mol. The number of ether oxygens (including phenoxy) is 1. The number of hydrogen-bond donors (Lipinski definition) is 0. The number of aromatic nitrogens is 8. The van der Waals surface area contributed by atoms with Gasteiger partial charge in [0.1, 0.15) is 0 Å². The number of hydrogen-bond acceptors (Lipinski definition) is 12. The Morgan fingerprint density at radius 2 is 0.648 bits per heavy atom. The van der Waals surface area contributed by atoms with Crippen LogP contribution in [0.5, 0.6) is 5.75 Å². The first-order valence-corrected chi connectivity index (χ1v) is 37.3. The van der Waals surface area contributed by atoms with Crippen LogP contribution < -0.4 is 4.74 Å². The van der Waals surface area contributed by atoms with Gasteiger partial charge in [0.05, 0.1) is 7.11 Å². The summed E-state index contributed by atoms with van der Waals surface area (Å²) in [4.78, 5) is 36.4. The van der Waals surface area contributed by atoms with Crippen molar-refractivity contribution in [2.45, 2.75) is 0 Å². The Hall–Kier alpha value is -5.31. The van der Waals surface area contributed by atoms with E-state index in [9.17, 15) is 4.39 Å². The van der Waals surface area contributed by atoms with Crippen LogP contribution in [-0.2, 0) is 120 Å². The van der Waals surface area contributed by atoms with Gasteiger partial charge in [-0.25, -0.2) is 38.4 Å². The molecule has 0 saturated heterocycles. The third-order valence-corrected chi connectivity index (χ3v) is 19.2. The molecule has 0 spiro atoms. The molecule has 5 aromatic carbocycles. The van der Waals surface area contributed by atoms with Crippen molar-refractivity contribution in [3.63, 3.8) is 0 Å². The molecular formula is C83H53Br5ClFIr5N8ORhS3-8. The van der Waals surface area contributed by atoms with Gasteiger partial charge < -0.3 is 44.6 Å². The van der Waals surface area contributed by atoms with E-state index < -0.39 is 0 Å². The summed E-state index contributed by atoms with van der Waals surface area (Å²) in [7, 11) is 1.63. The van der Waals surface area contributed by atoms with E-state index in [1.54, 1.807) is 91.5 Å². The Balaban J connectivity index is 0.000000318. The van der Waals surface area contributed by atoms with E-state index in [0.717, 1.165) is 105 Å². The molecule has 0 unspecified atom stereocenters. The zero-order chi connectivity index (χ0) is 71.4. The van der Waals surface area contributed by atoms with Gasteiger partial charge in [-0.05, 0) is 103 Å². The van der Waals surface area contributed by atoms with Gasteiger partial charge in [0.15, 0.2) is 0 Å². The number of methoxy groups -OCH3 is 1. The Kier molecular flexibility index (Phi) is 49.5. The maximum atomic E-state index is 12.9. The van der Waals surface area contributed by atoms with E-state index in [-0.39, 0.29) is 126 Å². The number of benzene rings is 5. The molecule has 0 N–H and O–H groups in total. The summed E-state index contributed by atoms with van der Waals surface area (Å²) >= 11 is 27.1. The molecule has 11 heterocycles. The molecule has 0 saturated carbocycles. The van der Waals surface area contributed by atoms with Crippen LogP contribution in [0.3, 0.4) is 0 Å². The summed E-state index contributed by atoms with van der Waals surface area (Å²) in [5, 5.41) is 0.708. The van der Waals surface area contributed by atoms with Gasteiger partial charge in [-0.3, -0.25) is 0 Å². The molecular weight excluding hydrogens is 2740 g/mol. The van der Waals surface area contributed by atoms with E-state index in [1.807, 2.05) is 243 Å². The van der Waals surface area contributed by atoms with E-state index >= 15 is 0 Å². The second-order valence-corrected chi connectivity index (χ2v) is 29.4. The first-order chi connectivity index (χ1) is 50.0. The van der Waals surface area contributed by atoms with Crippen molar-refractivity contribution in [3.05, 3.63) is 384 Å². The molecule has 0 bridgehead atoms. The summed E-state index contributed by atoms with van der Waals surface area (Å²) in [6.45, 7) is 0. The van der Waals surface area contributed by atoms with Gasteiger partial charge in [-0.2, -0.15) is 12.1 Å². The van der Waals surface area contributed by atoms with Gasteiger partial charge in [-0.15, -0.1) is 233 Å². The Morgan fingerprint density at radius 1 is 0.333 bits per heavy atom. The number of pyridine rings is 8. The second-order valence-electron chi connectivity index (χ2n) is 20.1. The molecule has 0 atom stereocenters. The van der Waals surface area contributed by atoms with E-state index in [0.29, 0.717) is 13.7 Å². The quantitative estimate of drug-likeness (QED) is 0.103. The van der Waals surface area contributed by atoms with Gasteiger partial charge >= 0.3 is 0 Å². The molecule has 108 heavy (non-hydrogen) atoms. The van der Waals surface area contributed by atoms with Crippen molar-refractivity contribution in [3.8, 4) is 93.7 Å². The third kappa shape index (κ3) is 33.9. The minimum atomic E-state index is -0.356. The van der Waals surface area contributed by atoms with Crippen LogP contribution >= 0.6 is 125 Å². The van der Waals surface area contributed by atoms with Crippen LogP contribution in [0.4, 0.5) is 4.39 Å². The average molecular weight is 2790 g/mol. The van der Waals surface area contributed by atoms with Crippen LogP contribution in [0.25, 0.3) is 88.0 Å². The fourth-order valence-electron chi connectivity index (χ4n) is 8.36. The molecule has 25 heteroatoms. The maximum absolute atomic E-state index is 12.9. The zero-order valence-electron chi connectivity index (χ0n) is 55.7.